The van der Waals surface area contributed by atoms with E-state index in [2.05, 4.69) is 25.6 Å². The first-order chi connectivity index (χ1) is 12.1. The Labute approximate surface area is 161 Å². The lowest BCUT2D eigenvalue weighted by molar-refractivity contribution is 0.839. The molecule has 4 aromatic rings. The molecule has 0 spiro atoms. The van der Waals surface area contributed by atoms with Gasteiger partial charge in [-0.05, 0) is 24.4 Å². The Kier molecular flexibility index (Phi) is 4.43. The molecule has 1 N–H and O–H groups in total. The van der Waals surface area contributed by atoms with Gasteiger partial charge in [0.15, 0.2) is 10.8 Å². The number of nitrogens with one attached hydrogen (secondary N) is 1. The summed E-state index contributed by atoms with van der Waals surface area (Å²) in [6.07, 6.45) is 1.53. The summed E-state index contributed by atoms with van der Waals surface area (Å²) in [5, 5.41) is 20.5. The standard InChI is InChI=1S/C15H10Cl2N6S2/c1-8-5-12(23(22-8)13-10(17)6-9(16)7-18-13)19-15-21-20-14(25-15)11-3-2-4-24-11/h2-7H,1H3,(H,19,21). The first-order valence-electron chi connectivity index (χ1n) is 7.12. The second-order valence-corrected chi connectivity index (χ2v) is 7.83. The number of aromatic nitrogens is 5. The van der Waals surface area contributed by atoms with Gasteiger partial charge in [0.25, 0.3) is 0 Å². The van der Waals surface area contributed by atoms with Crippen LogP contribution in [0, 0.1) is 6.92 Å². The van der Waals surface area contributed by atoms with Crippen LogP contribution in [0.25, 0.3) is 15.7 Å². The van der Waals surface area contributed by atoms with Gasteiger partial charge in [-0.3, -0.25) is 0 Å². The molecule has 0 aliphatic heterocycles. The van der Waals surface area contributed by atoms with Crippen LogP contribution in [0.1, 0.15) is 5.69 Å². The summed E-state index contributed by atoms with van der Waals surface area (Å²) in [6.45, 7) is 1.89. The highest BCUT2D eigenvalue weighted by Gasteiger charge is 2.15. The van der Waals surface area contributed by atoms with Crippen molar-refractivity contribution < 1.29 is 0 Å². The van der Waals surface area contributed by atoms with E-state index >= 15 is 0 Å². The molecule has 4 heterocycles. The van der Waals surface area contributed by atoms with Crippen molar-refractivity contribution in [3.63, 3.8) is 0 Å². The number of pyridine rings is 1. The van der Waals surface area contributed by atoms with Gasteiger partial charge in [-0.15, -0.1) is 21.5 Å². The Bertz CT molecular complexity index is 1020. The van der Waals surface area contributed by atoms with E-state index < -0.39 is 0 Å². The molecule has 0 radical (unpaired) electrons. The van der Waals surface area contributed by atoms with Gasteiger partial charge in [0.1, 0.15) is 5.82 Å². The molecule has 126 valence electrons. The van der Waals surface area contributed by atoms with E-state index in [4.69, 9.17) is 23.2 Å². The third-order valence-electron chi connectivity index (χ3n) is 3.21. The highest BCUT2D eigenvalue weighted by atomic mass is 35.5. The average Bonchev–Trinajstić information content (AvgIpc) is 3.29. The Morgan fingerprint density at radius 3 is 2.84 bits per heavy atom. The minimum Gasteiger partial charge on any atom is -0.315 e. The lowest BCUT2D eigenvalue weighted by atomic mass is 10.4. The van der Waals surface area contributed by atoms with Crippen molar-refractivity contribution in [2.45, 2.75) is 6.92 Å². The monoisotopic (exact) mass is 408 g/mol. The average molecular weight is 409 g/mol. The molecule has 4 rings (SSSR count). The number of thiophene rings is 1. The van der Waals surface area contributed by atoms with Gasteiger partial charge in [0.2, 0.25) is 5.13 Å². The van der Waals surface area contributed by atoms with Crippen molar-refractivity contribution in [2.24, 2.45) is 0 Å². The van der Waals surface area contributed by atoms with E-state index in [1.807, 2.05) is 30.5 Å². The molecule has 0 aliphatic carbocycles. The third kappa shape index (κ3) is 3.38. The van der Waals surface area contributed by atoms with E-state index in [-0.39, 0.29) is 0 Å². The number of halogens is 2. The first kappa shape index (κ1) is 16.5. The predicted octanol–water partition coefficient (Wildman–Crippen LogP) is 5.21. The molecule has 0 bridgehead atoms. The number of hydrogen-bond acceptors (Lipinski definition) is 7. The van der Waals surface area contributed by atoms with Gasteiger partial charge in [-0.1, -0.05) is 40.6 Å². The zero-order valence-corrected chi connectivity index (χ0v) is 15.9. The molecule has 0 fully saturated rings. The largest absolute Gasteiger partial charge is 0.315 e. The van der Waals surface area contributed by atoms with Crippen LogP contribution in [-0.2, 0) is 0 Å². The van der Waals surface area contributed by atoms with Crippen molar-refractivity contribution in [3.8, 4) is 15.7 Å². The molecule has 0 atom stereocenters. The van der Waals surface area contributed by atoms with Crippen LogP contribution in [0.2, 0.25) is 10.0 Å². The highest BCUT2D eigenvalue weighted by molar-refractivity contribution is 7.22. The van der Waals surface area contributed by atoms with Gasteiger partial charge in [-0.25, -0.2) is 4.98 Å². The minimum absolute atomic E-state index is 0.412. The fraction of sp³-hybridized carbons (Fsp3) is 0.0667. The van der Waals surface area contributed by atoms with Crippen LogP contribution >= 0.6 is 45.9 Å². The van der Waals surface area contributed by atoms with Crippen molar-refractivity contribution in [1.29, 1.82) is 0 Å². The van der Waals surface area contributed by atoms with E-state index in [9.17, 15) is 0 Å². The normalized spacial score (nSPS) is 11.0. The predicted molar refractivity (Wildman–Crippen MR) is 103 cm³/mol. The molecular formula is C15H10Cl2N6S2. The lowest BCUT2D eigenvalue weighted by Gasteiger charge is -2.08. The quantitative estimate of drug-likeness (QED) is 0.501. The zero-order chi connectivity index (χ0) is 17.4. The number of rotatable bonds is 4. The first-order valence-corrected chi connectivity index (χ1v) is 9.58. The molecular weight excluding hydrogens is 399 g/mol. The molecule has 0 aliphatic rings. The van der Waals surface area contributed by atoms with Crippen LogP contribution in [-0.4, -0.2) is 25.0 Å². The van der Waals surface area contributed by atoms with Gasteiger partial charge >= 0.3 is 0 Å². The second kappa shape index (κ2) is 6.72. The smallest absolute Gasteiger partial charge is 0.211 e. The summed E-state index contributed by atoms with van der Waals surface area (Å²) >= 11 is 15.3. The highest BCUT2D eigenvalue weighted by Crippen LogP contribution is 2.32. The summed E-state index contributed by atoms with van der Waals surface area (Å²) in [5.41, 5.74) is 0.818. The lowest BCUT2D eigenvalue weighted by Crippen LogP contribution is -2.05. The molecule has 4 aromatic heterocycles. The Hall–Kier alpha value is -2.00. The van der Waals surface area contributed by atoms with E-state index in [1.54, 1.807) is 22.1 Å². The van der Waals surface area contributed by atoms with Gasteiger partial charge in [-0.2, -0.15) is 9.78 Å². The Balaban J connectivity index is 1.68. The van der Waals surface area contributed by atoms with Gasteiger partial charge in [0.05, 0.1) is 20.6 Å². The maximum absolute atomic E-state index is 6.26. The van der Waals surface area contributed by atoms with Crippen LogP contribution < -0.4 is 5.32 Å². The second-order valence-electron chi connectivity index (χ2n) is 5.06. The maximum atomic E-state index is 6.26. The van der Waals surface area contributed by atoms with Crippen molar-refractivity contribution in [1.82, 2.24) is 25.0 Å². The van der Waals surface area contributed by atoms with Crippen LogP contribution in [0.3, 0.4) is 0 Å². The van der Waals surface area contributed by atoms with E-state index in [0.717, 1.165) is 15.6 Å². The van der Waals surface area contributed by atoms with E-state index in [1.165, 1.54) is 17.5 Å². The van der Waals surface area contributed by atoms with Crippen molar-refractivity contribution >= 4 is 56.8 Å². The maximum Gasteiger partial charge on any atom is 0.211 e. The summed E-state index contributed by atoms with van der Waals surface area (Å²) in [6, 6.07) is 7.52. The van der Waals surface area contributed by atoms with Crippen molar-refractivity contribution in [3.05, 3.63) is 51.6 Å². The SMILES string of the molecule is Cc1cc(Nc2nnc(-c3cccs3)s2)n(-c2ncc(Cl)cc2Cl)n1. The summed E-state index contributed by atoms with van der Waals surface area (Å²) in [7, 11) is 0. The molecule has 10 heteroatoms. The Morgan fingerprint density at radius 2 is 2.08 bits per heavy atom. The summed E-state index contributed by atoms with van der Waals surface area (Å²) in [4.78, 5) is 5.36. The van der Waals surface area contributed by atoms with Crippen LogP contribution in [0.5, 0.6) is 0 Å². The molecule has 0 amide bonds. The molecule has 6 nitrogen and oxygen atoms in total. The number of hydrogen-bond donors (Lipinski definition) is 1. The number of anilines is 2. The molecule has 0 unspecified atom stereocenters. The summed E-state index contributed by atoms with van der Waals surface area (Å²) < 4.78 is 1.63. The fourth-order valence-electron chi connectivity index (χ4n) is 2.20. The number of aryl methyl sites for hydroxylation is 1. The topological polar surface area (TPSA) is 68.5 Å². The fourth-order valence-corrected chi connectivity index (χ4v) is 4.20. The summed E-state index contributed by atoms with van der Waals surface area (Å²) in [5.74, 6) is 1.19. The third-order valence-corrected chi connectivity index (χ3v) is 5.58. The molecule has 0 aromatic carbocycles. The van der Waals surface area contributed by atoms with Gasteiger partial charge in [0, 0.05) is 12.3 Å². The Morgan fingerprint density at radius 1 is 1.20 bits per heavy atom. The van der Waals surface area contributed by atoms with E-state index in [0.29, 0.717) is 26.8 Å². The minimum atomic E-state index is 0.412. The van der Waals surface area contributed by atoms with Crippen LogP contribution in [0.4, 0.5) is 10.9 Å². The van der Waals surface area contributed by atoms with Crippen LogP contribution in [0.15, 0.2) is 35.8 Å². The zero-order valence-electron chi connectivity index (χ0n) is 12.8. The molecule has 0 saturated heterocycles. The molecule has 25 heavy (non-hydrogen) atoms. The number of nitrogens with zero attached hydrogens (tertiary/aromatic N) is 5. The van der Waals surface area contributed by atoms with Gasteiger partial charge < -0.3 is 5.32 Å². The van der Waals surface area contributed by atoms with Crippen molar-refractivity contribution in [2.75, 3.05) is 5.32 Å². The molecule has 0 saturated carbocycles.